The lowest BCUT2D eigenvalue weighted by molar-refractivity contribution is -0.154. The quantitative estimate of drug-likeness (QED) is 0.288. The number of methoxy groups -OCH3 is 1. The van der Waals surface area contributed by atoms with Crippen molar-refractivity contribution >= 4 is 29.9 Å². The maximum atomic E-state index is 12.2. The van der Waals surface area contributed by atoms with Crippen molar-refractivity contribution < 1.29 is 22.6 Å². The average Bonchev–Trinajstić information content (AvgIpc) is 2.71. The maximum absolute atomic E-state index is 12.2. The predicted molar refractivity (Wildman–Crippen MR) is 121 cm³/mol. The van der Waals surface area contributed by atoms with Crippen LogP contribution in [-0.4, -0.2) is 43.9 Å². The summed E-state index contributed by atoms with van der Waals surface area (Å²) in [5.74, 6) is 1.41. The molecule has 0 radical (unpaired) electrons. The van der Waals surface area contributed by atoms with Crippen LogP contribution in [0.1, 0.15) is 18.1 Å². The molecule has 166 valence electrons. The summed E-state index contributed by atoms with van der Waals surface area (Å²) in [4.78, 5) is 8.36. The Labute approximate surface area is 191 Å². The number of ether oxygens (including phenoxy) is 2. The van der Waals surface area contributed by atoms with Crippen LogP contribution in [0.2, 0.25) is 0 Å². The largest absolute Gasteiger partial charge is 0.496 e. The van der Waals surface area contributed by atoms with Crippen LogP contribution in [0.15, 0.2) is 47.6 Å². The minimum Gasteiger partial charge on any atom is -0.496 e. The van der Waals surface area contributed by atoms with Crippen LogP contribution in [0.3, 0.4) is 0 Å². The molecule has 1 aromatic carbocycles. The van der Waals surface area contributed by atoms with Crippen molar-refractivity contribution in [1.29, 1.82) is 0 Å². The molecule has 0 amide bonds. The number of nitrogens with one attached hydrogen (secondary N) is 2. The van der Waals surface area contributed by atoms with E-state index in [9.17, 15) is 13.2 Å². The molecule has 1 aromatic heterocycles. The first-order chi connectivity index (χ1) is 13.9. The molecule has 0 spiro atoms. The normalized spacial score (nSPS) is 11.4. The number of halogens is 4. The molecular weight excluding hydrogens is 512 g/mol. The van der Waals surface area contributed by atoms with Gasteiger partial charge in [-0.15, -0.1) is 24.0 Å². The van der Waals surface area contributed by atoms with Crippen molar-refractivity contribution in [2.24, 2.45) is 4.99 Å². The second kappa shape index (κ2) is 13.1. The molecule has 0 atom stereocenters. The van der Waals surface area contributed by atoms with E-state index in [1.54, 1.807) is 13.2 Å². The third-order valence-electron chi connectivity index (χ3n) is 3.82. The Morgan fingerprint density at radius 3 is 2.53 bits per heavy atom. The Morgan fingerprint density at radius 1 is 1.13 bits per heavy atom. The number of alkyl halides is 3. The van der Waals surface area contributed by atoms with E-state index in [1.807, 2.05) is 31.2 Å². The Morgan fingerprint density at radius 2 is 1.90 bits per heavy atom. The van der Waals surface area contributed by atoms with Gasteiger partial charge in [-0.05, 0) is 30.5 Å². The van der Waals surface area contributed by atoms with E-state index in [0.29, 0.717) is 25.6 Å². The number of benzene rings is 1. The summed E-state index contributed by atoms with van der Waals surface area (Å²) in [5, 5.41) is 6.41. The number of pyridine rings is 1. The molecular formula is C20H26F3IN4O2. The monoisotopic (exact) mass is 538 g/mol. The highest BCUT2D eigenvalue weighted by Gasteiger charge is 2.28. The van der Waals surface area contributed by atoms with Gasteiger partial charge in [-0.2, -0.15) is 13.2 Å². The lowest BCUT2D eigenvalue weighted by Crippen LogP contribution is -2.38. The molecule has 1 heterocycles. The van der Waals surface area contributed by atoms with Crippen molar-refractivity contribution in [1.82, 2.24) is 15.6 Å². The van der Waals surface area contributed by atoms with Crippen molar-refractivity contribution in [2.75, 3.05) is 26.8 Å². The van der Waals surface area contributed by atoms with Crippen LogP contribution in [0.25, 0.3) is 0 Å². The van der Waals surface area contributed by atoms with Gasteiger partial charge in [-0.1, -0.05) is 24.3 Å². The minimum absolute atomic E-state index is 0. The third-order valence-corrected chi connectivity index (χ3v) is 3.82. The summed E-state index contributed by atoms with van der Waals surface area (Å²) < 4.78 is 46.4. The molecule has 2 rings (SSSR count). The molecule has 0 aliphatic heterocycles. The van der Waals surface area contributed by atoms with Crippen molar-refractivity contribution in [3.05, 3.63) is 53.7 Å². The summed E-state index contributed by atoms with van der Waals surface area (Å²) in [6, 6.07) is 10.9. The first-order valence-corrected chi connectivity index (χ1v) is 9.20. The van der Waals surface area contributed by atoms with Gasteiger partial charge in [0.1, 0.15) is 5.75 Å². The van der Waals surface area contributed by atoms with Gasteiger partial charge >= 0.3 is 6.18 Å². The molecule has 2 aromatic rings. The van der Waals surface area contributed by atoms with Crippen molar-refractivity contribution in [2.45, 2.75) is 26.1 Å². The molecule has 0 saturated heterocycles. The van der Waals surface area contributed by atoms with E-state index in [1.165, 1.54) is 12.3 Å². The molecule has 0 aliphatic carbocycles. The van der Waals surface area contributed by atoms with Crippen molar-refractivity contribution in [3.63, 3.8) is 0 Å². The molecule has 2 N–H and O–H groups in total. The highest BCUT2D eigenvalue weighted by molar-refractivity contribution is 14.0. The fourth-order valence-corrected chi connectivity index (χ4v) is 2.48. The number of hydrogen-bond donors (Lipinski definition) is 2. The summed E-state index contributed by atoms with van der Waals surface area (Å²) in [7, 11) is 1.64. The third kappa shape index (κ3) is 9.51. The zero-order chi connectivity index (χ0) is 21.1. The van der Waals surface area contributed by atoms with Crippen LogP contribution >= 0.6 is 24.0 Å². The van der Waals surface area contributed by atoms with Gasteiger partial charge in [0.25, 0.3) is 0 Å². The Balaban J connectivity index is 0.00000450. The average molecular weight is 538 g/mol. The molecule has 30 heavy (non-hydrogen) atoms. The number of nitrogens with zero attached hydrogens (tertiary/aromatic N) is 2. The first-order valence-electron chi connectivity index (χ1n) is 9.20. The van der Waals surface area contributed by atoms with Crippen LogP contribution < -0.4 is 20.1 Å². The van der Waals surface area contributed by atoms with Gasteiger partial charge in [0.05, 0.1) is 13.7 Å². The maximum Gasteiger partial charge on any atom is 0.422 e. The fourth-order valence-electron chi connectivity index (χ4n) is 2.48. The van der Waals surface area contributed by atoms with E-state index < -0.39 is 12.8 Å². The lowest BCUT2D eigenvalue weighted by atomic mass is 10.1. The Bertz CT molecular complexity index is 786. The minimum atomic E-state index is -4.39. The number of aliphatic imine (C=N–C) groups is 1. The molecule has 10 heteroatoms. The highest BCUT2D eigenvalue weighted by atomic mass is 127. The van der Waals surface area contributed by atoms with Gasteiger partial charge in [0.15, 0.2) is 12.6 Å². The van der Waals surface area contributed by atoms with Crippen LogP contribution in [0.5, 0.6) is 11.6 Å². The predicted octanol–water partition coefficient (Wildman–Crippen LogP) is 3.95. The first kappa shape index (κ1) is 25.8. The summed E-state index contributed by atoms with van der Waals surface area (Å²) in [5.41, 5.74) is 1.85. The fraction of sp³-hybridized carbons (Fsp3) is 0.400. The van der Waals surface area contributed by atoms with E-state index in [2.05, 4.69) is 25.3 Å². The Hall–Kier alpha value is -2.24. The summed E-state index contributed by atoms with van der Waals surface area (Å²) in [6.45, 7) is 2.29. The topological polar surface area (TPSA) is 67.8 Å². The Kier molecular flexibility index (Phi) is 11.3. The standard InChI is InChI=1S/C20H25F3N4O2.HI/c1-3-24-19(25-11-10-16-6-4-5-7-17(16)28-2)27-13-15-8-9-18(26-12-15)29-14-20(21,22)23;/h4-9,12H,3,10-11,13-14H2,1-2H3,(H2,24,25,27);1H. The lowest BCUT2D eigenvalue weighted by Gasteiger charge is -2.13. The number of rotatable bonds is 9. The van der Waals surface area contributed by atoms with Crippen LogP contribution in [0.4, 0.5) is 13.2 Å². The van der Waals surface area contributed by atoms with Crippen LogP contribution in [-0.2, 0) is 13.0 Å². The SMILES string of the molecule is CCNC(=NCc1ccc(OCC(F)(F)F)nc1)NCCc1ccccc1OC.I. The molecule has 6 nitrogen and oxygen atoms in total. The molecule has 0 saturated carbocycles. The summed E-state index contributed by atoms with van der Waals surface area (Å²) in [6.07, 6.45) is -2.17. The van der Waals surface area contributed by atoms with Gasteiger partial charge in [0, 0.05) is 25.4 Å². The smallest absolute Gasteiger partial charge is 0.422 e. The molecule has 0 aliphatic rings. The number of para-hydroxylation sites is 1. The number of aromatic nitrogens is 1. The summed E-state index contributed by atoms with van der Waals surface area (Å²) >= 11 is 0. The van der Waals surface area contributed by atoms with E-state index in [-0.39, 0.29) is 29.9 Å². The van der Waals surface area contributed by atoms with E-state index in [4.69, 9.17) is 4.74 Å². The number of hydrogen-bond acceptors (Lipinski definition) is 4. The van der Waals surface area contributed by atoms with Gasteiger partial charge in [0.2, 0.25) is 5.88 Å². The van der Waals surface area contributed by atoms with Crippen LogP contribution in [0, 0.1) is 0 Å². The second-order valence-corrected chi connectivity index (χ2v) is 6.09. The number of guanidine groups is 1. The van der Waals surface area contributed by atoms with Gasteiger partial charge < -0.3 is 20.1 Å². The van der Waals surface area contributed by atoms with E-state index >= 15 is 0 Å². The zero-order valence-electron chi connectivity index (χ0n) is 16.8. The zero-order valence-corrected chi connectivity index (χ0v) is 19.2. The van der Waals surface area contributed by atoms with Crippen molar-refractivity contribution in [3.8, 4) is 11.6 Å². The van der Waals surface area contributed by atoms with Gasteiger partial charge in [-0.3, -0.25) is 0 Å². The van der Waals surface area contributed by atoms with Gasteiger partial charge in [-0.25, -0.2) is 9.98 Å². The van der Waals surface area contributed by atoms with E-state index in [0.717, 1.165) is 23.3 Å². The highest BCUT2D eigenvalue weighted by Crippen LogP contribution is 2.18. The molecule has 0 fully saturated rings. The molecule has 0 unspecified atom stereocenters. The molecule has 0 bridgehead atoms. The second-order valence-electron chi connectivity index (χ2n) is 6.09.